The van der Waals surface area contributed by atoms with Gasteiger partial charge >= 0.3 is 0 Å². The lowest BCUT2D eigenvalue weighted by atomic mass is 9.72. The highest BCUT2D eigenvalue weighted by Crippen LogP contribution is 2.52. The predicted molar refractivity (Wildman–Crippen MR) is 131 cm³/mol. The molecule has 174 valence electrons. The van der Waals surface area contributed by atoms with E-state index in [1.165, 1.54) is 0 Å². The lowest BCUT2D eigenvalue weighted by molar-refractivity contribution is -0.128. The molecule has 9 heteroatoms. The van der Waals surface area contributed by atoms with E-state index in [1.807, 2.05) is 61.5 Å². The molecule has 3 aromatic carbocycles. The topological polar surface area (TPSA) is 123 Å². The Morgan fingerprint density at radius 1 is 1.03 bits per heavy atom. The fraction of sp³-hybridized carbons (Fsp3) is 0.200. The molecular formula is C25H24N4O4S. The van der Waals surface area contributed by atoms with Crippen LogP contribution in [0.5, 0.6) is 5.75 Å². The Hall–Kier alpha value is -3.85. The second-order valence-electron chi connectivity index (χ2n) is 8.62. The molecule has 5 rings (SSSR count). The first-order chi connectivity index (χ1) is 16.2. The molecule has 0 fully saturated rings. The van der Waals surface area contributed by atoms with Crippen molar-refractivity contribution >= 4 is 27.6 Å². The predicted octanol–water partition coefficient (Wildman–Crippen LogP) is 3.13. The van der Waals surface area contributed by atoms with E-state index in [9.17, 15) is 13.2 Å². The first-order valence-corrected chi connectivity index (χ1v) is 12.7. The van der Waals surface area contributed by atoms with Crippen LogP contribution in [0.15, 0.2) is 77.8 Å². The van der Waals surface area contributed by atoms with Crippen LogP contribution < -0.4 is 20.5 Å². The second-order valence-corrected chi connectivity index (χ2v) is 10.4. The number of nitrogens with two attached hydrogens (primary N) is 1. The molecule has 2 aliphatic rings. The number of fused-ring (bicyclic) bond motifs is 2. The lowest BCUT2D eigenvalue weighted by Gasteiger charge is -2.42. The van der Waals surface area contributed by atoms with Gasteiger partial charge in [0, 0.05) is 17.2 Å². The molecule has 0 saturated carbocycles. The summed E-state index contributed by atoms with van der Waals surface area (Å²) in [5.74, 6) is -0.0273. The van der Waals surface area contributed by atoms with Gasteiger partial charge in [0.25, 0.3) is 5.91 Å². The Morgan fingerprint density at radius 3 is 2.44 bits per heavy atom. The average Bonchev–Trinajstić information content (AvgIpc) is 3.10. The highest BCUT2D eigenvalue weighted by molar-refractivity contribution is 7.92. The highest BCUT2D eigenvalue weighted by Gasteiger charge is 2.56. The van der Waals surface area contributed by atoms with Gasteiger partial charge in [-0.3, -0.25) is 14.8 Å². The summed E-state index contributed by atoms with van der Waals surface area (Å²) in [6.45, 7) is 1.94. The molecule has 0 aromatic heterocycles. The highest BCUT2D eigenvalue weighted by atomic mass is 32.2. The van der Waals surface area contributed by atoms with Crippen molar-refractivity contribution in [2.24, 2.45) is 16.6 Å². The molecule has 2 aliphatic heterocycles. The number of hydrogen-bond donors (Lipinski definition) is 3. The monoisotopic (exact) mass is 476 g/mol. The number of carbonyl (C=O) groups excluding carboxylic acids is 1. The quantitative estimate of drug-likeness (QED) is 0.534. The van der Waals surface area contributed by atoms with Crippen LogP contribution >= 0.6 is 0 Å². The van der Waals surface area contributed by atoms with Crippen molar-refractivity contribution in [3.63, 3.8) is 0 Å². The largest absolute Gasteiger partial charge is 0.485 e. The molecule has 1 amide bonds. The number of anilines is 1. The fourth-order valence-corrected chi connectivity index (χ4v) is 5.32. The molecule has 0 saturated heterocycles. The summed E-state index contributed by atoms with van der Waals surface area (Å²) in [5, 5.41) is 2.67. The third-order valence-corrected chi connectivity index (χ3v) is 6.88. The SMILES string of the molecule is CC1[C@H](c2ccccc2)Oc2ccc(-c3cccc(NS(C)(=O)=O)c3)cc2C12N=C(N)NC2=O. The first-order valence-electron chi connectivity index (χ1n) is 10.8. The smallest absolute Gasteiger partial charge is 0.259 e. The maximum Gasteiger partial charge on any atom is 0.259 e. The van der Waals surface area contributed by atoms with E-state index in [0.29, 0.717) is 17.0 Å². The van der Waals surface area contributed by atoms with Crippen LogP contribution in [0.1, 0.15) is 24.2 Å². The van der Waals surface area contributed by atoms with Gasteiger partial charge in [0.1, 0.15) is 11.9 Å². The van der Waals surface area contributed by atoms with E-state index in [1.54, 1.807) is 18.2 Å². The number of ether oxygens (including phenoxy) is 1. The number of guanidine groups is 1. The average molecular weight is 477 g/mol. The summed E-state index contributed by atoms with van der Waals surface area (Å²) in [7, 11) is -3.42. The van der Waals surface area contributed by atoms with Crippen molar-refractivity contribution in [3.05, 3.63) is 83.9 Å². The molecule has 2 unspecified atom stereocenters. The lowest BCUT2D eigenvalue weighted by Crippen LogP contribution is -2.48. The minimum atomic E-state index is -3.42. The number of carbonyl (C=O) groups is 1. The van der Waals surface area contributed by atoms with Gasteiger partial charge in [-0.05, 0) is 41.0 Å². The van der Waals surface area contributed by atoms with Crippen LogP contribution in [0.4, 0.5) is 5.69 Å². The van der Waals surface area contributed by atoms with Crippen LogP contribution in [-0.2, 0) is 20.4 Å². The normalized spacial score (nSPS) is 23.6. The number of benzene rings is 3. The van der Waals surface area contributed by atoms with Gasteiger partial charge in [-0.1, -0.05) is 55.5 Å². The first kappa shape index (κ1) is 22.0. The summed E-state index contributed by atoms with van der Waals surface area (Å²) >= 11 is 0. The van der Waals surface area contributed by atoms with E-state index in [2.05, 4.69) is 15.0 Å². The van der Waals surface area contributed by atoms with E-state index in [4.69, 9.17) is 10.5 Å². The maximum absolute atomic E-state index is 13.3. The molecular weight excluding hydrogens is 452 g/mol. The van der Waals surface area contributed by atoms with Crippen molar-refractivity contribution in [1.82, 2.24) is 5.32 Å². The van der Waals surface area contributed by atoms with E-state index in [0.717, 1.165) is 22.9 Å². The van der Waals surface area contributed by atoms with E-state index in [-0.39, 0.29) is 17.8 Å². The molecule has 0 bridgehead atoms. The second kappa shape index (κ2) is 7.88. The molecule has 0 aliphatic carbocycles. The minimum absolute atomic E-state index is 0.0706. The molecule has 4 N–H and O–H groups in total. The molecule has 1 spiro atoms. The van der Waals surface area contributed by atoms with Gasteiger partial charge in [-0.15, -0.1) is 0 Å². The summed E-state index contributed by atoms with van der Waals surface area (Å²) in [4.78, 5) is 18.0. The molecule has 0 radical (unpaired) electrons. The van der Waals surface area contributed by atoms with Gasteiger partial charge in [-0.2, -0.15) is 0 Å². The molecule has 3 atom stereocenters. The van der Waals surface area contributed by atoms with E-state index < -0.39 is 21.7 Å². The van der Waals surface area contributed by atoms with Gasteiger partial charge in [0.05, 0.1) is 6.26 Å². The number of sulfonamides is 1. The summed E-state index contributed by atoms with van der Waals surface area (Å²) in [5.41, 5.74) is 8.29. The summed E-state index contributed by atoms with van der Waals surface area (Å²) in [6, 6.07) is 22.3. The van der Waals surface area contributed by atoms with Gasteiger partial charge < -0.3 is 10.5 Å². The van der Waals surface area contributed by atoms with Crippen molar-refractivity contribution in [2.45, 2.75) is 18.6 Å². The number of hydrogen-bond acceptors (Lipinski definition) is 6. The van der Waals surface area contributed by atoms with Gasteiger partial charge in [0.2, 0.25) is 10.0 Å². The number of rotatable bonds is 4. The Kier molecular flexibility index (Phi) is 5.09. The van der Waals surface area contributed by atoms with Crippen molar-refractivity contribution in [3.8, 4) is 16.9 Å². The standard InChI is InChI=1S/C25H24N4O4S/c1-15-22(16-7-4-3-5-8-16)33-21-12-11-18(14-20(21)25(15)23(30)27-24(26)28-25)17-9-6-10-19(13-17)29-34(2,31)32/h3-15,22,29H,1-2H3,(H3,26,27,28,30)/t15?,22-,25?/m1/s1. The van der Waals surface area contributed by atoms with Gasteiger partial charge in [-0.25, -0.2) is 13.4 Å². The van der Waals surface area contributed by atoms with Crippen molar-refractivity contribution < 1.29 is 17.9 Å². The van der Waals surface area contributed by atoms with Crippen LogP contribution in [0.3, 0.4) is 0 Å². The van der Waals surface area contributed by atoms with Crippen molar-refractivity contribution in [2.75, 3.05) is 11.0 Å². The zero-order valence-electron chi connectivity index (χ0n) is 18.6. The summed E-state index contributed by atoms with van der Waals surface area (Å²) in [6.07, 6.45) is 0.702. The van der Waals surface area contributed by atoms with Crippen molar-refractivity contribution in [1.29, 1.82) is 0 Å². The number of nitrogens with zero attached hydrogens (tertiary/aromatic N) is 1. The van der Waals surface area contributed by atoms with E-state index >= 15 is 0 Å². The fourth-order valence-electron chi connectivity index (χ4n) is 4.76. The maximum atomic E-state index is 13.3. The zero-order valence-corrected chi connectivity index (χ0v) is 19.5. The number of nitrogens with one attached hydrogen (secondary N) is 2. The third kappa shape index (κ3) is 3.67. The van der Waals surface area contributed by atoms with Gasteiger partial charge in [0.15, 0.2) is 11.5 Å². The Labute approximate surface area is 197 Å². The Morgan fingerprint density at radius 2 is 1.76 bits per heavy atom. The van der Waals surface area contributed by atoms with Crippen LogP contribution in [0.25, 0.3) is 11.1 Å². The Bertz CT molecular complexity index is 1420. The minimum Gasteiger partial charge on any atom is -0.485 e. The zero-order chi connectivity index (χ0) is 24.1. The summed E-state index contributed by atoms with van der Waals surface area (Å²) < 4.78 is 32.2. The van der Waals surface area contributed by atoms with Crippen LogP contribution in [0, 0.1) is 5.92 Å². The molecule has 3 aromatic rings. The van der Waals surface area contributed by atoms with Crippen LogP contribution in [0.2, 0.25) is 0 Å². The van der Waals surface area contributed by atoms with Crippen LogP contribution in [-0.4, -0.2) is 26.5 Å². The molecule has 2 heterocycles. The molecule has 34 heavy (non-hydrogen) atoms. The number of amides is 1. The third-order valence-electron chi connectivity index (χ3n) is 6.27. The number of aliphatic imine (C=N–C) groups is 1. The Balaban J connectivity index is 1.65. The molecule has 8 nitrogen and oxygen atoms in total.